The van der Waals surface area contributed by atoms with Gasteiger partial charge in [-0.3, -0.25) is 4.79 Å². The van der Waals surface area contributed by atoms with Crippen LogP contribution in [0.5, 0.6) is 5.75 Å². The average molecular weight is 337 g/mol. The fraction of sp³-hybridized carbons (Fsp3) is 0.300. The first-order chi connectivity index (χ1) is 12.0. The van der Waals surface area contributed by atoms with Gasteiger partial charge in [0.2, 0.25) is 0 Å². The maximum absolute atomic E-state index is 12.6. The molecule has 0 bridgehead atoms. The molecule has 0 saturated carbocycles. The zero-order chi connectivity index (χ0) is 17.7. The first kappa shape index (κ1) is 15.7. The molecule has 0 amide bonds. The minimum atomic E-state index is -0.607. The van der Waals surface area contributed by atoms with E-state index >= 15 is 0 Å². The molecule has 1 aromatic carbocycles. The lowest BCUT2D eigenvalue weighted by Crippen LogP contribution is -2.17. The topological polar surface area (TPSA) is 69.7 Å². The third-order valence-corrected chi connectivity index (χ3v) is 4.49. The molecule has 1 atom stereocenters. The lowest BCUT2D eigenvalue weighted by Gasteiger charge is -2.23. The molecular weight excluding hydrogens is 320 g/mol. The predicted octanol–water partition coefficient (Wildman–Crippen LogP) is 3.75. The van der Waals surface area contributed by atoms with Gasteiger partial charge in [-0.25, -0.2) is 4.79 Å². The van der Waals surface area contributed by atoms with Gasteiger partial charge in [0.25, 0.3) is 0 Å². The average Bonchev–Trinajstić information content (AvgIpc) is 2.59. The van der Waals surface area contributed by atoms with Crippen LogP contribution in [0.15, 0.2) is 30.6 Å². The summed E-state index contributed by atoms with van der Waals surface area (Å²) < 4.78 is 17.4. The van der Waals surface area contributed by atoms with Gasteiger partial charge < -0.3 is 13.6 Å². The molecule has 0 N–H and O–H groups in total. The van der Waals surface area contributed by atoms with Crippen LogP contribution in [0, 0.1) is 13.0 Å². The maximum atomic E-state index is 12.6. The molecule has 4 rings (SSSR count). The van der Waals surface area contributed by atoms with Crippen molar-refractivity contribution in [3.05, 3.63) is 55.7 Å². The molecule has 127 valence electrons. The van der Waals surface area contributed by atoms with E-state index in [1.807, 2.05) is 26.0 Å². The molecule has 1 radical (unpaired) electrons. The summed E-state index contributed by atoms with van der Waals surface area (Å²) in [6.07, 6.45) is 5.16. The summed E-state index contributed by atoms with van der Waals surface area (Å²) in [6, 6.07) is 4.12. The number of rotatable bonds is 2. The van der Waals surface area contributed by atoms with E-state index in [0.29, 0.717) is 40.0 Å². The van der Waals surface area contributed by atoms with E-state index in [1.165, 1.54) is 6.07 Å². The van der Waals surface area contributed by atoms with Crippen LogP contribution in [-0.4, -0.2) is 6.10 Å². The van der Waals surface area contributed by atoms with Gasteiger partial charge in [0.15, 0.2) is 16.6 Å². The van der Waals surface area contributed by atoms with Crippen LogP contribution >= 0.6 is 0 Å². The Labute approximate surface area is 143 Å². The van der Waals surface area contributed by atoms with Crippen LogP contribution in [0.3, 0.4) is 0 Å². The fourth-order valence-electron chi connectivity index (χ4n) is 3.31. The van der Waals surface area contributed by atoms with Crippen LogP contribution in [-0.2, 0) is 6.42 Å². The monoisotopic (exact) mass is 337 g/mol. The highest BCUT2D eigenvalue weighted by Gasteiger charge is 2.26. The van der Waals surface area contributed by atoms with Crippen molar-refractivity contribution in [3.8, 4) is 5.75 Å². The SMILES string of the molecule is CCc1[c]c(=O)oc2c1c1c(c3oc(C)cc(=O)c32)C=CC(CC)O1. The van der Waals surface area contributed by atoms with Crippen molar-refractivity contribution in [2.75, 3.05) is 0 Å². The lowest BCUT2D eigenvalue weighted by molar-refractivity contribution is 0.244. The number of aryl methyl sites for hydroxylation is 2. The molecule has 0 saturated heterocycles. The molecule has 2 aromatic heterocycles. The molecule has 3 heterocycles. The summed E-state index contributed by atoms with van der Waals surface area (Å²) in [7, 11) is 0. The highest BCUT2D eigenvalue weighted by atomic mass is 16.5. The molecule has 25 heavy (non-hydrogen) atoms. The Kier molecular flexibility index (Phi) is 3.53. The minimum absolute atomic E-state index is 0.0821. The Hall–Kier alpha value is -2.82. The summed E-state index contributed by atoms with van der Waals surface area (Å²) in [5, 5.41) is 0.895. The molecule has 1 aliphatic rings. The van der Waals surface area contributed by atoms with E-state index in [1.54, 1.807) is 6.92 Å². The van der Waals surface area contributed by atoms with Crippen molar-refractivity contribution >= 4 is 28.0 Å². The van der Waals surface area contributed by atoms with E-state index in [9.17, 15) is 9.59 Å². The highest BCUT2D eigenvalue weighted by Crippen LogP contribution is 2.41. The summed E-state index contributed by atoms with van der Waals surface area (Å²) in [5.74, 6) is 1.08. The first-order valence-electron chi connectivity index (χ1n) is 8.37. The van der Waals surface area contributed by atoms with E-state index in [-0.39, 0.29) is 22.5 Å². The number of ether oxygens (including phenoxy) is 1. The second kappa shape index (κ2) is 5.62. The van der Waals surface area contributed by atoms with Crippen molar-refractivity contribution in [2.24, 2.45) is 0 Å². The van der Waals surface area contributed by atoms with Gasteiger partial charge >= 0.3 is 5.63 Å². The fourth-order valence-corrected chi connectivity index (χ4v) is 3.31. The predicted molar refractivity (Wildman–Crippen MR) is 95.2 cm³/mol. The molecule has 3 aromatic rings. The van der Waals surface area contributed by atoms with Crippen molar-refractivity contribution in [2.45, 2.75) is 39.7 Å². The molecule has 5 heteroatoms. The van der Waals surface area contributed by atoms with Gasteiger partial charge in [0.1, 0.15) is 23.0 Å². The van der Waals surface area contributed by atoms with Crippen LogP contribution in [0.25, 0.3) is 28.0 Å². The van der Waals surface area contributed by atoms with E-state index in [2.05, 4.69) is 6.07 Å². The molecule has 0 spiro atoms. The van der Waals surface area contributed by atoms with Crippen molar-refractivity contribution in [3.63, 3.8) is 0 Å². The standard InChI is InChI=1S/C20H17O5/c1-4-11-9-15(22)25-20-16(11)18-13(7-6-12(5-2)24-18)19-17(20)14(21)8-10(3)23-19/h6-8,12H,4-5H2,1-3H3. The van der Waals surface area contributed by atoms with Crippen LogP contribution in [0.2, 0.25) is 0 Å². The summed E-state index contributed by atoms with van der Waals surface area (Å²) in [6.45, 7) is 5.67. The number of benzene rings is 1. The minimum Gasteiger partial charge on any atom is -0.485 e. The van der Waals surface area contributed by atoms with Gasteiger partial charge in [0, 0.05) is 6.07 Å². The number of fused-ring (bicyclic) bond motifs is 6. The van der Waals surface area contributed by atoms with Crippen LogP contribution in [0.1, 0.15) is 37.2 Å². The molecule has 0 fully saturated rings. The summed E-state index contributed by atoms with van der Waals surface area (Å²) in [4.78, 5) is 24.6. The zero-order valence-corrected chi connectivity index (χ0v) is 14.3. The molecular formula is C20H17O5. The Morgan fingerprint density at radius 3 is 2.64 bits per heavy atom. The third-order valence-electron chi connectivity index (χ3n) is 4.49. The van der Waals surface area contributed by atoms with Gasteiger partial charge in [-0.2, -0.15) is 0 Å². The second-order valence-electron chi connectivity index (χ2n) is 6.14. The normalized spacial score (nSPS) is 16.2. The molecule has 1 aliphatic heterocycles. The maximum Gasteiger partial charge on any atom is 0.344 e. The second-order valence-corrected chi connectivity index (χ2v) is 6.14. The Morgan fingerprint density at radius 2 is 1.92 bits per heavy atom. The largest absolute Gasteiger partial charge is 0.485 e. The zero-order valence-electron chi connectivity index (χ0n) is 14.3. The highest BCUT2D eigenvalue weighted by molar-refractivity contribution is 6.10. The van der Waals surface area contributed by atoms with Gasteiger partial charge in [-0.1, -0.05) is 13.8 Å². The Balaban J connectivity index is 2.31. The summed E-state index contributed by atoms with van der Waals surface area (Å²) >= 11 is 0. The quantitative estimate of drug-likeness (QED) is 0.526. The van der Waals surface area contributed by atoms with Crippen molar-refractivity contribution in [1.29, 1.82) is 0 Å². The van der Waals surface area contributed by atoms with Gasteiger partial charge in [-0.05, 0) is 37.5 Å². The van der Waals surface area contributed by atoms with Crippen molar-refractivity contribution in [1.82, 2.24) is 0 Å². The number of hydrogen-bond donors (Lipinski definition) is 0. The summed E-state index contributed by atoms with van der Waals surface area (Å²) in [5.41, 5.74) is 1.13. The molecule has 0 aliphatic carbocycles. The van der Waals surface area contributed by atoms with Gasteiger partial charge in [-0.15, -0.1) is 0 Å². The van der Waals surface area contributed by atoms with E-state index in [4.69, 9.17) is 13.6 Å². The number of hydrogen-bond acceptors (Lipinski definition) is 5. The smallest absolute Gasteiger partial charge is 0.344 e. The van der Waals surface area contributed by atoms with Crippen LogP contribution < -0.4 is 15.8 Å². The van der Waals surface area contributed by atoms with Crippen molar-refractivity contribution < 1.29 is 13.6 Å². The molecule has 1 unspecified atom stereocenters. The Bertz CT molecular complexity index is 1150. The van der Waals surface area contributed by atoms with E-state index < -0.39 is 5.63 Å². The lowest BCUT2D eigenvalue weighted by atomic mass is 9.97. The van der Waals surface area contributed by atoms with E-state index in [0.717, 1.165) is 6.42 Å². The molecule has 5 nitrogen and oxygen atoms in total. The first-order valence-corrected chi connectivity index (χ1v) is 8.37. The third kappa shape index (κ3) is 2.30. The Morgan fingerprint density at radius 1 is 1.12 bits per heavy atom. The van der Waals surface area contributed by atoms with Gasteiger partial charge in [0.05, 0.1) is 17.0 Å². The van der Waals surface area contributed by atoms with Crippen LogP contribution in [0.4, 0.5) is 0 Å².